The molecule has 0 radical (unpaired) electrons. The van der Waals surface area contributed by atoms with Crippen LogP contribution in [0.1, 0.15) is 6.42 Å². The van der Waals surface area contributed by atoms with Crippen LogP contribution >= 0.6 is 0 Å². The number of fused-ring (bicyclic) bond motifs is 1. The molecule has 1 fully saturated rings. The third kappa shape index (κ3) is 3.01. The van der Waals surface area contributed by atoms with E-state index in [1.807, 2.05) is 24.3 Å². The average molecular weight is 306 g/mol. The molecular formula is C13H14N4O3S. The third-order valence-corrected chi connectivity index (χ3v) is 4.33. The lowest BCUT2D eigenvalue weighted by atomic mass is 10.1. The lowest BCUT2D eigenvalue weighted by Gasteiger charge is -2.14. The Morgan fingerprint density at radius 2 is 2.10 bits per heavy atom. The van der Waals surface area contributed by atoms with Crippen LogP contribution in [-0.2, 0) is 14.8 Å². The van der Waals surface area contributed by atoms with Gasteiger partial charge >= 0.3 is 0 Å². The van der Waals surface area contributed by atoms with E-state index in [4.69, 9.17) is 5.14 Å². The van der Waals surface area contributed by atoms with Crippen molar-refractivity contribution in [2.24, 2.45) is 11.1 Å². The Bertz CT molecular complexity index is 806. The zero-order chi connectivity index (χ0) is 15.0. The van der Waals surface area contributed by atoms with Gasteiger partial charge in [0, 0.05) is 30.5 Å². The lowest BCUT2D eigenvalue weighted by Crippen LogP contribution is -2.28. The summed E-state index contributed by atoms with van der Waals surface area (Å²) in [6, 6.07) is 7.46. The number of benzene rings is 1. The second-order valence-electron chi connectivity index (χ2n) is 5.13. The summed E-state index contributed by atoms with van der Waals surface area (Å²) in [5.74, 6) is -0.403. The van der Waals surface area contributed by atoms with Crippen LogP contribution in [0, 0.1) is 5.92 Å². The second kappa shape index (κ2) is 5.05. The zero-order valence-electron chi connectivity index (χ0n) is 11.1. The Hall–Kier alpha value is -2.06. The Balaban J connectivity index is 1.87. The van der Waals surface area contributed by atoms with Crippen LogP contribution in [0.3, 0.4) is 0 Å². The van der Waals surface area contributed by atoms with Gasteiger partial charge in [-0.25, -0.2) is 23.5 Å². The molecule has 0 spiro atoms. The van der Waals surface area contributed by atoms with Gasteiger partial charge in [0.1, 0.15) is 0 Å². The molecule has 1 amide bonds. The minimum absolute atomic E-state index is 0.145. The maximum Gasteiger partial charge on any atom is 0.232 e. The van der Waals surface area contributed by atoms with E-state index in [0.29, 0.717) is 5.95 Å². The highest BCUT2D eigenvalue weighted by atomic mass is 32.2. The summed E-state index contributed by atoms with van der Waals surface area (Å²) in [7, 11) is -3.59. The predicted molar refractivity (Wildman–Crippen MR) is 78.0 cm³/mol. The molecule has 8 heteroatoms. The molecule has 21 heavy (non-hydrogen) atoms. The van der Waals surface area contributed by atoms with E-state index in [9.17, 15) is 13.2 Å². The molecule has 1 aliphatic heterocycles. The van der Waals surface area contributed by atoms with Gasteiger partial charge in [0.05, 0.1) is 11.3 Å². The van der Waals surface area contributed by atoms with Crippen LogP contribution in [0.15, 0.2) is 30.5 Å². The SMILES string of the molecule is NS(=O)(=O)CC1CC(=O)N(c2ncc3ccccc3n2)C1. The standard InChI is InChI=1S/C13H14N4O3S/c14-21(19,20)8-9-5-12(18)17(7-9)13-15-6-10-3-1-2-4-11(10)16-13/h1-4,6,9H,5,7-8H2,(H2,14,19,20). The van der Waals surface area contributed by atoms with Gasteiger partial charge < -0.3 is 0 Å². The maximum absolute atomic E-state index is 12.0. The number of primary sulfonamides is 1. The van der Waals surface area contributed by atoms with Crippen molar-refractivity contribution < 1.29 is 13.2 Å². The summed E-state index contributed by atoms with van der Waals surface area (Å²) in [5.41, 5.74) is 0.741. The summed E-state index contributed by atoms with van der Waals surface area (Å²) in [6.07, 6.45) is 1.80. The number of para-hydroxylation sites is 1. The molecule has 110 valence electrons. The first-order valence-corrected chi connectivity index (χ1v) is 8.16. The number of nitrogens with two attached hydrogens (primary N) is 1. The second-order valence-corrected chi connectivity index (χ2v) is 6.79. The van der Waals surface area contributed by atoms with Gasteiger partial charge in [0.25, 0.3) is 0 Å². The molecule has 1 unspecified atom stereocenters. The number of carbonyl (C=O) groups is 1. The molecule has 0 aliphatic carbocycles. The molecule has 1 saturated heterocycles. The van der Waals surface area contributed by atoms with Gasteiger partial charge in [-0.2, -0.15) is 0 Å². The number of rotatable bonds is 3. The fraction of sp³-hybridized carbons (Fsp3) is 0.308. The quantitative estimate of drug-likeness (QED) is 0.876. The van der Waals surface area contributed by atoms with Gasteiger partial charge in [-0.3, -0.25) is 9.69 Å². The summed E-state index contributed by atoms with van der Waals surface area (Å²) >= 11 is 0. The number of nitrogens with zero attached hydrogens (tertiary/aromatic N) is 3. The monoisotopic (exact) mass is 306 g/mol. The van der Waals surface area contributed by atoms with E-state index in [2.05, 4.69) is 9.97 Å². The number of hydrogen-bond donors (Lipinski definition) is 1. The first-order valence-electron chi connectivity index (χ1n) is 6.45. The summed E-state index contributed by atoms with van der Waals surface area (Å²) in [4.78, 5) is 22.0. The Labute approximate surface area is 121 Å². The molecule has 3 rings (SSSR count). The molecule has 0 bridgehead atoms. The first kappa shape index (κ1) is 13.9. The third-order valence-electron chi connectivity index (χ3n) is 3.39. The topological polar surface area (TPSA) is 106 Å². The number of carbonyl (C=O) groups excluding carboxylic acids is 1. The fourth-order valence-corrected chi connectivity index (χ4v) is 3.39. The minimum Gasteiger partial charge on any atom is -0.280 e. The highest BCUT2D eigenvalue weighted by Gasteiger charge is 2.34. The summed E-state index contributed by atoms with van der Waals surface area (Å²) in [5, 5.41) is 5.91. The highest BCUT2D eigenvalue weighted by molar-refractivity contribution is 7.89. The Morgan fingerprint density at radius 1 is 1.33 bits per heavy atom. The Morgan fingerprint density at radius 3 is 2.86 bits per heavy atom. The normalized spacial score (nSPS) is 19.4. The predicted octanol–water partition coefficient (Wildman–Crippen LogP) is 0.271. The van der Waals surface area contributed by atoms with Crippen molar-refractivity contribution in [2.75, 3.05) is 17.2 Å². The summed E-state index contributed by atoms with van der Waals surface area (Å²) in [6.45, 7) is 0.271. The van der Waals surface area contributed by atoms with Crippen molar-refractivity contribution in [1.29, 1.82) is 0 Å². The molecule has 1 aromatic heterocycles. The number of aromatic nitrogens is 2. The van der Waals surface area contributed by atoms with Crippen molar-refractivity contribution in [2.45, 2.75) is 6.42 Å². The van der Waals surface area contributed by atoms with Crippen molar-refractivity contribution in [3.8, 4) is 0 Å². The van der Waals surface area contributed by atoms with E-state index in [0.717, 1.165) is 10.9 Å². The van der Waals surface area contributed by atoms with Crippen LogP contribution < -0.4 is 10.0 Å². The summed E-state index contributed by atoms with van der Waals surface area (Å²) < 4.78 is 22.3. The zero-order valence-corrected chi connectivity index (χ0v) is 12.0. The smallest absolute Gasteiger partial charge is 0.232 e. The van der Waals surface area contributed by atoms with E-state index in [-0.39, 0.29) is 30.5 Å². The van der Waals surface area contributed by atoms with E-state index >= 15 is 0 Å². The molecular weight excluding hydrogens is 292 g/mol. The molecule has 2 N–H and O–H groups in total. The van der Waals surface area contributed by atoms with Crippen molar-refractivity contribution >= 4 is 32.8 Å². The Kier molecular flexibility index (Phi) is 3.34. The van der Waals surface area contributed by atoms with Crippen molar-refractivity contribution in [3.63, 3.8) is 0 Å². The van der Waals surface area contributed by atoms with E-state index in [1.165, 1.54) is 4.90 Å². The maximum atomic E-state index is 12.0. The van der Waals surface area contributed by atoms with Gasteiger partial charge in [0.2, 0.25) is 21.9 Å². The molecule has 1 atom stereocenters. The van der Waals surface area contributed by atoms with Gasteiger partial charge in [0.15, 0.2) is 0 Å². The van der Waals surface area contributed by atoms with Crippen LogP contribution in [0.4, 0.5) is 5.95 Å². The molecule has 7 nitrogen and oxygen atoms in total. The van der Waals surface area contributed by atoms with Crippen LogP contribution in [0.25, 0.3) is 10.9 Å². The molecule has 2 aromatic rings. The molecule has 1 aromatic carbocycles. The van der Waals surface area contributed by atoms with E-state index in [1.54, 1.807) is 6.20 Å². The van der Waals surface area contributed by atoms with Gasteiger partial charge in [-0.1, -0.05) is 18.2 Å². The average Bonchev–Trinajstić information content (AvgIpc) is 2.76. The van der Waals surface area contributed by atoms with Gasteiger partial charge in [-0.15, -0.1) is 0 Å². The molecule has 0 saturated carbocycles. The fourth-order valence-electron chi connectivity index (χ4n) is 2.51. The van der Waals surface area contributed by atoms with Crippen LogP contribution in [-0.4, -0.2) is 36.6 Å². The molecule has 2 heterocycles. The molecule has 1 aliphatic rings. The number of amides is 1. The minimum atomic E-state index is -3.59. The van der Waals surface area contributed by atoms with Gasteiger partial charge in [-0.05, 0) is 6.07 Å². The van der Waals surface area contributed by atoms with Crippen LogP contribution in [0.5, 0.6) is 0 Å². The lowest BCUT2D eigenvalue weighted by molar-refractivity contribution is -0.117. The highest BCUT2D eigenvalue weighted by Crippen LogP contribution is 2.24. The van der Waals surface area contributed by atoms with Crippen molar-refractivity contribution in [1.82, 2.24) is 9.97 Å². The first-order chi connectivity index (χ1) is 9.92. The van der Waals surface area contributed by atoms with Crippen molar-refractivity contribution in [3.05, 3.63) is 30.5 Å². The number of hydrogen-bond acceptors (Lipinski definition) is 5. The number of anilines is 1. The van der Waals surface area contributed by atoms with Crippen LogP contribution in [0.2, 0.25) is 0 Å². The van der Waals surface area contributed by atoms with E-state index < -0.39 is 10.0 Å². The number of sulfonamides is 1. The largest absolute Gasteiger partial charge is 0.280 e.